The number of nitrogens with zero attached hydrogens (tertiary/aromatic N) is 1. The van der Waals surface area contributed by atoms with Crippen LogP contribution in [-0.4, -0.2) is 28.2 Å². The molecule has 3 unspecified atom stereocenters. The van der Waals surface area contributed by atoms with Gasteiger partial charge < -0.3 is 14.0 Å². The SMILES string of the molecule is CCc1cc2c(c(=O)n1C(c1ccccc1)c1ccccc1)CCC(C(=O)OC1CCCC(C(=O)OC(C)(C)C)C1)C2. The van der Waals surface area contributed by atoms with Crippen molar-refractivity contribution in [3.63, 3.8) is 0 Å². The van der Waals surface area contributed by atoms with Crippen LogP contribution in [0.1, 0.15) is 93.8 Å². The molecule has 0 spiro atoms. The summed E-state index contributed by atoms with van der Waals surface area (Å²) < 4.78 is 13.5. The van der Waals surface area contributed by atoms with E-state index in [-0.39, 0.29) is 41.5 Å². The first-order valence-electron chi connectivity index (χ1n) is 15.4. The van der Waals surface area contributed by atoms with Gasteiger partial charge in [-0.3, -0.25) is 14.4 Å². The van der Waals surface area contributed by atoms with E-state index in [1.165, 1.54) is 0 Å². The molecule has 3 atom stereocenters. The van der Waals surface area contributed by atoms with Crippen molar-refractivity contribution < 1.29 is 19.1 Å². The number of fused-ring (bicyclic) bond motifs is 1. The maximum atomic E-state index is 14.2. The largest absolute Gasteiger partial charge is 0.462 e. The van der Waals surface area contributed by atoms with E-state index in [1.54, 1.807) is 0 Å². The van der Waals surface area contributed by atoms with E-state index in [9.17, 15) is 14.4 Å². The molecule has 1 fully saturated rings. The Hall–Kier alpha value is -3.67. The summed E-state index contributed by atoms with van der Waals surface area (Å²) in [6, 6.07) is 22.2. The van der Waals surface area contributed by atoms with E-state index in [0.717, 1.165) is 47.2 Å². The van der Waals surface area contributed by atoms with E-state index in [4.69, 9.17) is 9.47 Å². The molecule has 0 N–H and O–H groups in total. The zero-order valence-electron chi connectivity index (χ0n) is 25.3. The molecule has 0 bridgehead atoms. The van der Waals surface area contributed by atoms with Crippen LogP contribution in [0.3, 0.4) is 0 Å². The minimum absolute atomic E-state index is 0.0290. The third-order valence-electron chi connectivity index (χ3n) is 8.56. The van der Waals surface area contributed by atoms with Crippen molar-refractivity contribution in [2.24, 2.45) is 11.8 Å². The Morgan fingerprint density at radius 2 is 1.55 bits per heavy atom. The van der Waals surface area contributed by atoms with Gasteiger partial charge >= 0.3 is 11.9 Å². The van der Waals surface area contributed by atoms with E-state index in [2.05, 4.69) is 37.3 Å². The number of benzene rings is 2. The average molecular weight is 570 g/mol. The first kappa shape index (κ1) is 29.8. The van der Waals surface area contributed by atoms with E-state index in [0.29, 0.717) is 32.1 Å². The number of aromatic nitrogens is 1. The Morgan fingerprint density at radius 3 is 2.14 bits per heavy atom. The topological polar surface area (TPSA) is 74.6 Å². The van der Waals surface area contributed by atoms with Crippen LogP contribution in [0.15, 0.2) is 71.5 Å². The van der Waals surface area contributed by atoms with Gasteiger partial charge in [0, 0.05) is 11.3 Å². The van der Waals surface area contributed by atoms with Gasteiger partial charge in [0.15, 0.2) is 0 Å². The normalized spacial score (nSPS) is 20.5. The summed E-state index contributed by atoms with van der Waals surface area (Å²) in [6.45, 7) is 7.68. The first-order valence-corrected chi connectivity index (χ1v) is 15.4. The number of carbonyl (C=O) groups excluding carboxylic acids is 2. The van der Waals surface area contributed by atoms with Crippen LogP contribution < -0.4 is 5.56 Å². The summed E-state index contributed by atoms with van der Waals surface area (Å²) in [6.07, 6.45) is 4.91. The average Bonchev–Trinajstić information content (AvgIpc) is 2.98. The van der Waals surface area contributed by atoms with Gasteiger partial charge in [-0.2, -0.15) is 0 Å². The minimum Gasteiger partial charge on any atom is -0.462 e. The third kappa shape index (κ3) is 6.69. The molecule has 2 aliphatic rings. The van der Waals surface area contributed by atoms with Crippen molar-refractivity contribution in [1.29, 1.82) is 0 Å². The standard InChI is InChI=1S/C36H43NO5/c1-5-29-22-28-21-27(34(39)41-30-18-12-17-26(23-30)35(40)42-36(2,3)4)19-20-31(28)33(38)37(29)32(24-13-8-6-9-14-24)25-15-10-7-11-16-25/h6-11,13-16,22,26-27,30,32H,5,12,17-21,23H2,1-4H3. The maximum absolute atomic E-state index is 14.2. The van der Waals surface area contributed by atoms with E-state index in [1.807, 2.05) is 61.7 Å². The van der Waals surface area contributed by atoms with Crippen LogP contribution in [0.25, 0.3) is 0 Å². The summed E-state index contributed by atoms with van der Waals surface area (Å²) in [7, 11) is 0. The second-order valence-electron chi connectivity index (χ2n) is 12.8. The molecule has 6 nitrogen and oxygen atoms in total. The van der Waals surface area contributed by atoms with Crippen LogP contribution in [0.4, 0.5) is 0 Å². The lowest BCUT2D eigenvalue weighted by Gasteiger charge is -2.32. The highest BCUT2D eigenvalue weighted by atomic mass is 16.6. The number of esters is 2. The summed E-state index contributed by atoms with van der Waals surface area (Å²) >= 11 is 0. The van der Waals surface area contributed by atoms with Crippen molar-refractivity contribution >= 4 is 11.9 Å². The zero-order valence-corrected chi connectivity index (χ0v) is 25.3. The van der Waals surface area contributed by atoms with Gasteiger partial charge in [-0.1, -0.05) is 67.6 Å². The quantitative estimate of drug-likeness (QED) is 0.300. The molecular weight excluding hydrogens is 526 g/mol. The predicted octanol–water partition coefficient (Wildman–Crippen LogP) is 6.60. The Kier molecular flexibility index (Phi) is 9.00. The highest BCUT2D eigenvalue weighted by Crippen LogP contribution is 2.33. The number of aryl methyl sites for hydroxylation is 1. The Bertz CT molecular complexity index is 1410. The molecule has 0 amide bonds. The van der Waals surface area contributed by atoms with Crippen molar-refractivity contribution in [2.75, 3.05) is 0 Å². The lowest BCUT2D eigenvalue weighted by Crippen LogP contribution is -2.38. The molecule has 1 saturated carbocycles. The van der Waals surface area contributed by atoms with Crippen LogP contribution in [-0.2, 0) is 38.3 Å². The van der Waals surface area contributed by atoms with Crippen molar-refractivity contribution in [3.8, 4) is 0 Å². The van der Waals surface area contributed by atoms with Gasteiger partial charge in [0.05, 0.1) is 17.9 Å². The first-order chi connectivity index (χ1) is 20.1. The number of hydrogen-bond donors (Lipinski definition) is 0. The molecule has 3 aromatic rings. The monoisotopic (exact) mass is 569 g/mol. The molecule has 5 rings (SSSR count). The molecule has 1 aromatic heterocycles. The fourth-order valence-corrected chi connectivity index (χ4v) is 6.54. The number of pyridine rings is 1. The summed E-state index contributed by atoms with van der Waals surface area (Å²) in [5, 5.41) is 0. The van der Waals surface area contributed by atoms with Crippen LogP contribution >= 0.6 is 0 Å². The van der Waals surface area contributed by atoms with Crippen LogP contribution in [0.5, 0.6) is 0 Å². The van der Waals surface area contributed by atoms with Gasteiger partial charge in [0.2, 0.25) is 0 Å². The summed E-state index contributed by atoms with van der Waals surface area (Å²) in [5.74, 6) is -0.958. The van der Waals surface area contributed by atoms with Crippen molar-refractivity contribution in [3.05, 3.63) is 105 Å². The molecular formula is C36H43NO5. The Morgan fingerprint density at radius 1 is 0.905 bits per heavy atom. The van der Waals surface area contributed by atoms with Crippen LogP contribution in [0, 0.1) is 11.8 Å². The highest BCUT2D eigenvalue weighted by molar-refractivity contribution is 5.74. The summed E-state index contributed by atoms with van der Waals surface area (Å²) in [5.41, 5.74) is 4.34. The smallest absolute Gasteiger partial charge is 0.309 e. The number of hydrogen-bond acceptors (Lipinski definition) is 5. The molecule has 42 heavy (non-hydrogen) atoms. The molecule has 0 aliphatic heterocycles. The van der Waals surface area contributed by atoms with Gasteiger partial charge in [-0.15, -0.1) is 0 Å². The molecule has 2 aliphatic carbocycles. The van der Waals surface area contributed by atoms with Crippen LogP contribution in [0.2, 0.25) is 0 Å². The lowest BCUT2D eigenvalue weighted by molar-refractivity contribution is -0.167. The fraction of sp³-hybridized carbons (Fsp3) is 0.472. The third-order valence-corrected chi connectivity index (χ3v) is 8.56. The second kappa shape index (κ2) is 12.7. The second-order valence-corrected chi connectivity index (χ2v) is 12.8. The van der Waals surface area contributed by atoms with E-state index >= 15 is 0 Å². The highest BCUT2D eigenvalue weighted by Gasteiger charge is 2.35. The summed E-state index contributed by atoms with van der Waals surface area (Å²) in [4.78, 5) is 40.2. The van der Waals surface area contributed by atoms with Gasteiger partial charge in [-0.25, -0.2) is 0 Å². The van der Waals surface area contributed by atoms with Gasteiger partial charge in [0.25, 0.3) is 5.56 Å². The molecule has 1 heterocycles. The molecule has 0 saturated heterocycles. The lowest BCUT2D eigenvalue weighted by atomic mass is 9.83. The minimum atomic E-state index is -0.533. The number of rotatable bonds is 7. The van der Waals surface area contributed by atoms with Crippen molar-refractivity contribution in [2.45, 2.75) is 96.8 Å². The predicted molar refractivity (Wildman–Crippen MR) is 163 cm³/mol. The maximum Gasteiger partial charge on any atom is 0.309 e. The van der Waals surface area contributed by atoms with E-state index < -0.39 is 5.60 Å². The zero-order chi connectivity index (χ0) is 29.9. The van der Waals surface area contributed by atoms with Gasteiger partial charge in [0.1, 0.15) is 11.7 Å². The molecule has 222 valence electrons. The number of carbonyl (C=O) groups is 2. The molecule has 0 radical (unpaired) electrons. The fourth-order valence-electron chi connectivity index (χ4n) is 6.54. The molecule has 6 heteroatoms. The Balaban J connectivity index is 1.36. The van der Waals surface area contributed by atoms with Gasteiger partial charge in [-0.05, 0) is 94.9 Å². The molecule has 2 aromatic carbocycles. The van der Waals surface area contributed by atoms with Crippen molar-refractivity contribution in [1.82, 2.24) is 4.57 Å². The Labute approximate surface area is 249 Å². The number of ether oxygens (including phenoxy) is 2.